The molecule has 0 saturated carbocycles. The monoisotopic (exact) mass is 298 g/mol. The van der Waals surface area contributed by atoms with Gasteiger partial charge in [-0.2, -0.15) is 5.26 Å². The van der Waals surface area contributed by atoms with E-state index in [1.807, 2.05) is 0 Å². The predicted molar refractivity (Wildman–Crippen MR) is 78.7 cm³/mol. The van der Waals surface area contributed by atoms with Crippen LogP contribution in [0.15, 0.2) is 40.3 Å². The van der Waals surface area contributed by atoms with Crippen molar-refractivity contribution in [3.8, 4) is 17.6 Å². The molecule has 0 saturated heterocycles. The molecule has 0 bridgehead atoms. The van der Waals surface area contributed by atoms with E-state index in [2.05, 4.69) is 5.32 Å². The third kappa shape index (κ3) is 3.90. The SMILES string of the molecule is Cc1ccc(CNC(=O)/C(C#N)=C\c2cc(O)cc(O)c2)o1. The van der Waals surface area contributed by atoms with E-state index in [0.717, 1.165) is 11.8 Å². The van der Waals surface area contributed by atoms with Crippen molar-refractivity contribution < 1.29 is 19.4 Å². The number of hydrogen-bond donors (Lipinski definition) is 3. The number of carbonyl (C=O) groups is 1. The van der Waals surface area contributed by atoms with Gasteiger partial charge in [-0.1, -0.05) is 0 Å². The Morgan fingerprint density at radius 2 is 2.00 bits per heavy atom. The number of nitrogens with zero attached hydrogens (tertiary/aromatic N) is 1. The summed E-state index contributed by atoms with van der Waals surface area (Å²) in [5.74, 6) is 0.429. The van der Waals surface area contributed by atoms with Gasteiger partial charge in [0.15, 0.2) is 0 Å². The van der Waals surface area contributed by atoms with E-state index in [4.69, 9.17) is 9.68 Å². The van der Waals surface area contributed by atoms with Crippen molar-refractivity contribution in [3.63, 3.8) is 0 Å². The van der Waals surface area contributed by atoms with Gasteiger partial charge in [0.1, 0.15) is 34.7 Å². The number of phenolic OH excluding ortho intramolecular Hbond substituents is 2. The summed E-state index contributed by atoms with van der Waals surface area (Å²) in [6.45, 7) is 1.96. The minimum absolute atomic E-state index is 0.145. The summed E-state index contributed by atoms with van der Waals surface area (Å²) < 4.78 is 5.31. The number of phenols is 2. The van der Waals surface area contributed by atoms with E-state index < -0.39 is 5.91 Å². The first-order valence-corrected chi connectivity index (χ1v) is 6.46. The molecule has 0 aliphatic heterocycles. The van der Waals surface area contributed by atoms with Crippen molar-refractivity contribution in [2.24, 2.45) is 0 Å². The summed E-state index contributed by atoms with van der Waals surface area (Å²) in [6.07, 6.45) is 1.28. The third-order valence-corrected chi connectivity index (χ3v) is 2.82. The van der Waals surface area contributed by atoms with Gasteiger partial charge in [0.2, 0.25) is 0 Å². The fraction of sp³-hybridized carbons (Fsp3) is 0.125. The Bertz CT molecular complexity index is 748. The molecule has 3 N–H and O–H groups in total. The molecule has 2 aromatic rings. The average Bonchev–Trinajstić information content (AvgIpc) is 2.87. The number of carbonyl (C=O) groups excluding carboxylic acids is 1. The number of hydrogen-bond acceptors (Lipinski definition) is 5. The molecule has 2 rings (SSSR count). The Balaban J connectivity index is 2.11. The Kier molecular flexibility index (Phi) is 4.49. The number of nitrogens with one attached hydrogen (secondary N) is 1. The van der Waals surface area contributed by atoms with Crippen LogP contribution in [0.1, 0.15) is 17.1 Å². The fourth-order valence-electron chi connectivity index (χ4n) is 1.86. The largest absolute Gasteiger partial charge is 0.508 e. The Hall–Kier alpha value is -3.20. The maximum absolute atomic E-state index is 12.0. The van der Waals surface area contributed by atoms with Crippen molar-refractivity contribution in [1.82, 2.24) is 5.32 Å². The highest BCUT2D eigenvalue weighted by Crippen LogP contribution is 2.22. The second kappa shape index (κ2) is 6.50. The van der Waals surface area contributed by atoms with E-state index in [1.54, 1.807) is 25.1 Å². The lowest BCUT2D eigenvalue weighted by molar-refractivity contribution is -0.117. The van der Waals surface area contributed by atoms with Gasteiger partial charge in [-0.05, 0) is 42.8 Å². The van der Waals surface area contributed by atoms with Gasteiger partial charge >= 0.3 is 0 Å². The summed E-state index contributed by atoms with van der Waals surface area (Å²) >= 11 is 0. The zero-order valence-electron chi connectivity index (χ0n) is 11.8. The van der Waals surface area contributed by atoms with E-state index in [9.17, 15) is 15.0 Å². The van der Waals surface area contributed by atoms with Crippen LogP contribution < -0.4 is 5.32 Å². The Morgan fingerprint density at radius 1 is 1.32 bits per heavy atom. The minimum atomic E-state index is -0.570. The first kappa shape index (κ1) is 15.2. The lowest BCUT2D eigenvalue weighted by Crippen LogP contribution is -2.23. The summed E-state index contributed by atoms with van der Waals surface area (Å²) in [5, 5.41) is 30.4. The Morgan fingerprint density at radius 3 is 2.55 bits per heavy atom. The molecule has 0 aliphatic rings. The van der Waals surface area contributed by atoms with Crippen LogP contribution in [0.5, 0.6) is 11.5 Å². The van der Waals surface area contributed by atoms with Gasteiger partial charge in [0.05, 0.1) is 6.54 Å². The van der Waals surface area contributed by atoms with Crippen molar-refractivity contribution >= 4 is 12.0 Å². The molecule has 0 fully saturated rings. The maximum atomic E-state index is 12.0. The van der Waals surface area contributed by atoms with Crippen LogP contribution in [0.4, 0.5) is 0 Å². The molecular weight excluding hydrogens is 284 g/mol. The normalized spacial score (nSPS) is 11.0. The van der Waals surface area contributed by atoms with Crippen molar-refractivity contribution in [2.75, 3.05) is 0 Å². The topological polar surface area (TPSA) is 106 Å². The summed E-state index contributed by atoms with van der Waals surface area (Å²) in [5.41, 5.74) is 0.200. The van der Waals surface area contributed by atoms with Crippen LogP contribution in [0.3, 0.4) is 0 Å². The molecule has 0 unspecified atom stereocenters. The predicted octanol–water partition coefficient (Wildman–Crippen LogP) is 2.22. The molecule has 1 amide bonds. The van der Waals surface area contributed by atoms with Gasteiger partial charge in [-0.15, -0.1) is 0 Å². The van der Waals surface area contributed by atoms with E-state index in [0.29, 0.717) is 11.3 Å². The van der Waals surface area contributed by atoms with Crippen molar-refractivity contribution in [3.05, 3.63) is 53.0 Å². The molecule has 6 heteroatoms. The number of rotatable bonds is 4. The third-order valence-electron chi connectivity index (χ3n) is 2.82. The highest BCUT2D eigenvalue weighted by atomic mass is 16.3. The second-order valence-electron chi connectivity index (χ2n) is 4.65. The lowest BCUT2D eigenvalue weighted by Gasteiger charge is -2.03. The van der Waals surface area contributed by atoms with Crippen LogP contribution in [-0.4, -0.2) is 16.1 Å². The number of benzene rings is 1. The second-order valence-corrected chi connectivity index (χ2v) is 4.65. The average molecular weight is 298 g/mol. The van der Waals surface area contributed by atoms with Gasteiger partial charge in [0, 0.05) is 6.07 Å². The Labute approximate surface area is 126 Å². The molecular formula is C16H14N2O4. The molecule has 22 heavy (non-hydrogen) atoms. The number of aromatic hydroxyl groups is 2. The van der Waals surface area contributed by atoms with Gasteiger partial charge in [-0.3, -0.25) is 4.79 Å². The van der Waals surface area contributed by atoms with Crippen LogP contribution in [-0.2, 0) is 11.3 Å². The number of amides is 1. The van der Waals surface area contributed by atoms with Gasteiger partial charge in [0.25, 0.3) is 5.91 Å². The van der Waals surface area contributed by atoms with E-state index in [1.165, 1.54) is 18.2 Å². The molecule has 1 heterocycles. The van der Waals surface area contributed by atoms with Gasteiger partial charge < -0.3 is 19.9 Å². The summed E-state index contributed by atoms with van der Waals surface area (Å²) in [6, 6.07) is 9.12. The number of furan rings is 1. The molecule has 1 aromatic carbocycles. The molecule has 112 valence electrons. The quantitative estimate of drug-likeness (QED) is 0.592. The molecule has 0 spiro atoms. The van der Waals surface area contributed by atoms with Crippen LogP contribution >= 0.6 is 0 Å². The molecule has 0 aliphatic carbocycles. The van der Waals surface area contributed by atoms with Crippen LogP contribution in [0.2, 0.25) is 0 Å². The maximum Gasteiger partial charge on any atom is 0.262 e. The molecule has 0 atom stereocenters. The number of nitriles is 1. The zero-order chi connectivity index (χ0) is 16.1. The van der Waals surface area contributed by atoms with Gasteiger partial charge in [-0.25, -0.2) is 0 Å². The van der Waals surface area contributed by atoms with E-state index >= 15 is 0 Å². The smallest absolute Gasteiger partial charge is 0.262 e. The first-order chi connectivity index (χ1) is 10.5. The van der Waals surface area contributed by atoms with Crippen molar-refractivity contribution in [1.29, 1.82) is 5.26 Å². The highest BCUT2D eigenvalue weighted by molar-refractivity contribution is 6.01. The van der Waals surface area contributed by atoms with Crippen molar-refractivity contribution in [2.45, 2.75) is 13.5 Å². The summed E-state index contributed by atoms with van der Waals surface area (Å²) in [4.78, 5) is 12.0. The minimum Gasteiger partial charge on any atom is -0.508 e. The number of aryl methyl sites for hydroxylation is 1. The van der Waals surface area contributed by atoms with Crippen LogP contribution in [0, 0.1) is 18.3 Å². The summed E-state index contributed by atoms with van der Waals surface area (Å²) in [7, 11) is 0. The fourth-order valence-corrected chi connectivity index (χ4v) is 1.86. The van der Waals surface area contributed by atoms with E-state index in [-0.39, 0.29) is 23.6 Å². The molecule has 6 nitrogen and oxygen atoms in total. The lowest BCUT2D eigenvalue weighted by atomic mass is 10.1. The first-order valence-electron chi connectivity index (χ1n) is 6.46. The standard InChI is InChI=1S/C16H14N2O4/c1-10-2-3-15(22-10)9-18-16(21)12(8-17)4-11-5-13(19)7-14(20)6-11/h2-7,19-20H,9H2,1H3,(H,18,21)/b12-4-. The van der Waals surface area contributed by atoms with Crippen LogP contribution in [0.25, 0.3) is 6.08 Å². The molecule has 1 aromatic heterocycles. The highest BCUT2D eigenvalue weighted by Gasteiger charge is 2.10. The zero-order valence-corrected chi connectivity index (χ0v) is 11.8. The molecule has 0 radical (unpaired) electrons.